The van der Waals surface area contributed by atoms with Crippen LogP contribution in [0, 0.1) is 0 Å². The lowest BCUT2D eigenvalue weighted by Gasteiger charge is -2.05. The van der Waals surface area contributed by atoms with E-state index in [0.29, 0.717) is 10.6 Å². The number of aromatic nitrogens is 1. The second kappa shape index (κ2) is 6.23. The minimum atomic E-state index is -3.53. The van der Waals surface area contributed by atoms with Crippen molar-refractivity contribution in [2.75, 3.05) is 18.6 Å². The predicted octanol–water partition coefficient (Wildman–Crippen LogP) is 1.53. The maximum Gasteiger partial charge on any atom is 0.340 e. The molecule has 0 unspecified atom stereocenters. The largest absolute Gasteiger partial charge is 0.465 e. The van der Waals surface area contributed by atoms with Crippen molar-refractivity contribution in [2.24, 2.45) is 0 Å². The van der Waals surface area contributed by atoms with Crippen molar-refractivity contribution in [3.63, 3.8) is 0 Å². The van der Waals surface area contributed by atoms with E-state index in [1.165, 1.54) is 13.3 Å². The highest BCUT2D eigenvalue weighted by atomic mass is 35.7. The van der Waals surface area contributed by atoms with Gasteiger partial charge in [0, 0.05) is 22.6 Å². The van der Waals surface area contributed by atoms with Crippen molar-refractivity contribution < 1.29 is 17.9 Å². The first kappa shape index (κ1) is 14.3. The van der Waals surface area contributed by atoms with E-state index in [0.717, 1.165) is 11.8 Å². The van der Waals surface area contributed by atoms with Crippen LogP contribution in [0.5, 0.6) is 0 Å². The zero-order chi connectivity index (χ0) is 12.9. The van der Waals surface area contributed by atoms with Crippen LogP contribution in [0.25, 0.3) is 0 Å². The summed E-state index contributed by atoms with van der Waals surface area (Å²) in [5, 5.41) is 0.430. The number of rotatable bonds is 5. The summed E-state index contributed by atoms with van der Waals surface area (Å²) in [7, 11) is 2.82. The van der Waals surface area contributed by atoms with Crippen molar-refractivity contribution in [1.29, 1.82) is 0 Å². The fraction of sp³-hybridized carbons (Fsp3) is 0.333. The van der Waals surface area contributed by atoms with E-state index >= 15 is 0 Å². The molecule has 0 aliphatic heterocycles. The van der Waals surface area contributed by atoms with Crippen LogP contribution < -0.4 is 0 Å². The first-order chi connectivity index (χ1) is 7.94. The Morgan fingerprint density at radius 2 is 2.29 bits per heavy atom. The monoisotopic (exact) mass is 295 g/mol. The molecule has 94 valence electrons. The van der Waals surface area contributed by atoms with Crippen LogP contribution in [0.3, 0.4) is 0 Å². The van der Waals surface area contributed by atoms with Crippen molar-refractivity contribution in [2.45, 2.75) is 5.03 Å². The molecule has 0 aliphatic rings. The van der Waals surface area contributed by atoms with E-state index < -0.39 is 15.0 Å². The molecule has 0 aliphatic carbocycles. The zero-order valence-electron chi connectivity index (χ0n) is 8.92. The Bertz CT molecular complexity index is 503. The van der Waals surface area contributed by atoms with Gasteiger partial charge in [-0.15, -0.1) is 11.8 Å². The Balaban J connectivity index is 2.74. The number of esters is 1. The molecule has 0 fully saturated rings. The number of hydrogen-bond acceptors (Lipinski definition) is 6. The summed E-state index contributed by atoms with van der Waals surface area (Å²) in [5.41, 5.74) is 0.312. The van der Waals surface area contributed by atoms with E-state index in [1.807, 2.05) is 0 Å². The lowest BCUT2D eigenvalue weighted by Crippen LogP contribution is -2.06. The zero-order valence-corrected chi connectivity index (χ0v) is 11.3. The van der Waals surface area contributed by atoms with Crippen molar-refractivity contribution in [3.8, 4) is 0 Å². The molecular formula is C9H10ClNO4S2. The number of nitrogens with zero attached hydrogens (tertiary/aromatic N) is 1. The van der Waals surface area contributed by atoms with E-state index in [-0.39, 0.29) is 11.5 Å². The quantitative estimate of drug-likeness (QED) is 0.466. The normalized spacial score (nSPS) is 11.2. The molecule has 0 saturated heterocycles. The van der Waals surface area contributed by atoms with Crippen LogP contribution in [0.4, 0.5) is 0 Å². The van der Waals surface area contributed by atoms with Crippen LogP contribution in [0.1, 0.15) is 10.4 Å². The van der Waals surface area contributed by atoms with Gasteiger partial charge in [-0.05, 0) is 12.1 Å². The topological polar surface area (TPSA) is 73.3 Å². The summed E-state index contributed by atoms with van der Waals surface area (Å²) in [6.07, 6.45) is 1.52. The molecule has 1 heterocycles. The highest BCUT2D eigenvalue weighted by Gasteiger charge is 2.14. The van der Waals surface area contributed by atoms with Gasteiger partial charge in [0.25, 0.3) is 0 Å². The average Bonchev–Trinajstić information content (AvgIpc) is 2.27. The molecule has 0 aromatic carbocycles. The first-order valence-electron chi connectivity index (χ1n) is 4.52. The van der Waals surface area contributed by atoms with E-state index in [4.69, 9.17) is 10.7 Å². The van der Waals surface area contributed by atoms with Crippen LogP contribution >= 0.6 is 22.4 Å². The van der Waals surface area contributed by atoms with Gasteiger partial charge in [0.2, 0.25) is 9.05 Å². The molecule has 0 saturated carbocycles. The van der Waals surface area contributed by atoms with Crippen molar-refractivity contribution >= 4 is 37.5 Å². The maximum absolute atomic E-state index is 11.4. The van der Waals surface area contributed by atoms with E-state index in [1.54, 1.807) is 12.1 Å². The Morgan fingerprint density at radius 3 is 2.88 bits per heavy atom. The third kappa shape index (κ3) is 4.93. The van der Waals surface area contributed by atoms with Crippen LogP contribution in [-0.4, -0.2) is 38.0 Å². The van der Waals surface area contributed by atoms with Crippen LogP contribution in [-0.2, 0) is 13.8 Å². The second-order valence-electron chi connectivity index (χ2n) is 2.94. The molecule has 0 spiro atoms. The maximum atomic E-state index is 11.4. The number of carbonyl (C=O) groups excluding carboxylic acids is 1. The first-order valence-corrected chi connectivity index (χ1v) is 7.99. The van der Waals surface area contributed by atoms with Gasteiger partial charge in [-0.2, -0.15) is 0 Å². The van der Waals surface area contributed by atoms with Crippen LogP contribution in [0.2, 0.25) is 0 Å². The highest BCUT2D eigenvalue weighted by Crippen LogP contribution is 2.21. The van der Waals surface area contributed by atoms with Gasteiger partial charge in [0.1, 0.15) is 5.03 Å². The van der Waals surface area contributed by atoms with Gasteiger partial charge in [0.15, 0.2) is 0 Å². The van der Waals surface area contributed by atoms with Gasteiger partial charge in [-0.3, -0.25) is 0 Å². The summed E-state index contributed by atoms with van der Waals surface area (Å²) in [6, 6.07) is 3.17. The number of carbonyl (C=O) groups is 1. The minimum Gasteiger partial charge on any atom is -0.465 e. The summed E-state index contributed by atoms with van der Waals surface area (Å²) in [5.74, 6) is -0.460. The highest BCUT2D eigenvalue weighted by molar-refractivity contribution is 8.14. The van der Waals surface area contributed by atoms with Gasteiger partial charge in [0.05, 0.1) is 18.4 Å². The predicted molar refractivity (Wildman–Crippen MR) is 65.9 cm³/mol. The smallest absolute Gasteiger partial charge is 0.340 e. The van der Waals surface area contributed by atoms with Gasteiger partial charge in [-0.25, -0.2) is 18.2 Å². The number of hydrogen-bond donors (Lipinski definition) is 0. The number of methoxy groups -OCH3 is 1. The average molecular weight is 296 g/mol. The molecule has 8 heteroatoms. The molecule has 1 aromatic heterocycles. The standard InChI is InChI=1S/C9H10ClNO4S2/c1-15-9(12)7-3-2-4-11-8(7)16-5-6-17(10,13)14/h2-4H,5-6H2,1H3. The number of pyridine rings is 1. The molecule has 0 N–H and O–H groups in total. The molecule has 1 rings (SSSR count). The van der Waals surface area contributed by atoms with Crippen molar-refractivity contribution in [3.05, 3.63) is 23.9 Å². The Labute approximate surface area is 108 Å². The molecular weight excluding hydrogens is 286 g/mol. The molecule has 5 nitrogen and oxygen atoms in total. The molecule has 0 atom stereocenters. The van der Waals surface area contributed by atoms with Gasteiger partial charge >= 0.3 is 5.97 Å². The number of thioether (sulfide) groups is 1. The molecule has 1 aromatic rings. The van der Waals surface area contributed by atoms with Crippen molar-refractivity contribution in [1.82, 2.24) is 4.98 Å². The van der Waals surface area contributed by atoms with E-state index in [9.17, 15) is 13.2 Å². The molecule has 0 radical (unpaired) electrons. The SMILES string of the molecule is COC(=O)c1cccnc1SCCS(=O)(=O)Cl. The summed E-state index contributed by atoms with van der Waals surface area (Å²) >= 11 is 1.14. The minimum absolute atomic E-state index is 0.184. The fourth-order valence-electron chi connectivity index (χ4n) is 1.01. The Hall–Kier alpha value is -0.790. The molecule has 0 bridgehead atoms. The van der Waals surface area contributed by atoms with Crippen LogP contribution in [0.15, 0.2) is 23.4 Å². The fourth-order valence-corrected chi connectivity index (χ4v) is 3.34. The lowest BCUT2D eigenvalue weighted by atomic mass is 10.3. The third-order valence-electron chi connectivity index (χ3n) is 1.74. The molecule has 17 heavy (non-hydrogen) atoms. The third-order valence-corrected chi connectivity index (χ3v) is 4.16. The molecule has 0 amide bonds. The van der Waals surface area contributed by atoms with E-state index in [2.05, 4.69) is 9.72 Å². The summed E-state index contributed by atoms with van der Waals surface area (Å²) < 4.78 is 26.1. The van der Waals surface area contributed by atoms with Gasteiger partial charge in [-0.1, -0.05) is 0 Å². The Kier molecular flexibility index (Phi) is 5.23. The lowest BCUT2D eigenvalue weighted by molar-refractivity contribution is 0.0596. The number of ether oxygens (including phenoxy) is 1. The summed E-state index contributed by atoms with van der Waals surface area (Å²) in [4.78, 5) is 15.4. The second-order valence-corrected chi connectivity index (χ2v) is 6.92. The summed E-state index contributed by atoms with van der Waals surface area (Å²) in [6.45, 7) is 0. The Morgan fingerprint density at radius 1 is 1.59 bits per heavy atom. The van der Waals surface area contributed by atoms with Gasteiger partial charge < -0.3 is 4.74 Å². The number of halogens is 1.